The number of nitrogens with one attached hydrogen (secondary N) is 1. The highest BCUT2D eigenvalue weighted by Gasteiger charge is 2.22. The number of fused-ring (bicyclic) bond motifs is 1. The molecule has 0 saturated carbocycles. The number of rotatable bonds is 13. The van der Waals surface area contributed by atoms with Crippen LogP contribution in [0.15, 0.2) is 54.6 Å². The van der Waals surface area contributed by atoms with Crippen LogP contribution in [0, 0.1) is 27.7 Å². The molecule has 45 heavy (non-hydrogen) atoms. The number of hydrogen-bond donors (Lipinski definition) is 1. The molecule has 5 nitrogen and oxygen atoms in total. The van der Waals surface area contributed by atoms with Crippen LogP contribution < -0.4 is 4.74 Å². The van der Waals surface area contributed by atoms with E-state index in [1.807, 2.05) is 4.52 Å². The Morgan fingerprint density at radius 1 is 0.778 bits per heavy atom. The molecule has 5 heteroatoms. The van der Waals surface area contributed by atoms with E-state index in [4.69, 9.17) is 4.74 Å². The second kappa shape index (κ2) is 14.1. The Kier molecular flexibility index (Phi) is 10.2. The first kappa shape index (κ1) is 32.5. The van der Waals surface area contributed by atoms with Crippen molar-refractivity contribution in [3.05, 3.63) is 105 Å². The van der Waals surface area contributed by atoms with Gasteiger partial charge < -0.3 is 4.74 Å². The second-order valence-electron chi connectivity index (χ2n) is 14.0. The highest BCUT2D eigenvalue weighted by atomic mass is 16.5. The molecule has 2 aromatic heterocycles. The Morgan fingerprint density at radius 2 is 1.51 bits per heavy atom. The number of nitrogens with zero attached hydrogens (tertiary/aromatic N) is 3. The molecule has 0 unspecified atom stereocenters. The standard InChI is InChI=1S/C40H52N4O/c1-9-10-11-12-13-14-20-45-35-19-18-27(2)21-33(35)24-31-16-15-17-32(23-31)25-34-28(3)22-29(4)38(30(34)5)39-42-41-37-26-36(40(6,7)8)43-44(37)39/h15-19,21-23,26,43H,9-14,20,24-25H2,1-8H3. The fourth-order valence-electron chi connectivity index (χ4n) is 6.50. The molecule has 238 valence electrons. The van der Waals surface area contributed by atoms with Crippen LogP contribution in [0.4, 0.5) is 0 Å². The summed E-state index contributed by atoms with van der Waals surface area (Å²) in [7, 11) is 0. The van der Waals surface area contributed by atoms with E-state index in [1.165, 1.54) is 76.6 Å². The van der Waals surface area contributed by atoms with Gasteiger partial charge in [-0.25, -0.2) is 4.52 Å². The highest BCUT2D eigenvalue weighted by Crippen LogP contribution is 2.33. The van der Waals surface area contributed by atoms with Gasteiger partial charge in [0.25, 0.3) is 0 Å². The number of aromatic nitrogens is 4. The maximum Gasteiger partial charge on any atom is 0.183 e. The topological polar surface area (TPSA) is 55.2 Å². The first-order valence-electron chi connectivity index (χ1n) is 16.9. The monoisotopic (exact) mass is 604 g/mol. The molecule has 0 aliphatic carbocycles. The van der Waals surface area contributed by atoms with Crippen LogP contribution in [0.2, 0.25) is 0 Å². The van der Waals surface area contributed by atoms with Crippen molar-refractivity contribution in [1.82, 2.24) is 19.8 Å². The van der Waals surface area contributed by atoms with E-state index in [9.17, 15) is 0 Å². The fourth-order valence-corrected chi connectivity index (χ4v) is 6.50. The minimum Gasteiger partial charge on any atom is -0.493 e. The van der Waals surface area contributed by atoms with Gasteiger partial charge in [-0.15, -0.1) is 10.2 Å². The van der Waals surface area contributed by atoms with Gasteiger partial charge >= 0.3 is 0 Å². The van der Waals surface area contributed by atoms with E-state index in [-0.39, 0.29) is 5.41 Å². The summed E-state index contributed by atoms with van der Waals surface area (Å²) in [5.74, 6) is 1.89. The number of benzene rings is 3. The van der Waals surface area contributed by atoms with Crippen molar-refractivity contribution in [2.24, 2.45) is 0 Å². The molecule has 5 rings (SSSR count). The zero-order valence-corrected chi connectivity index (χ0v) is 28.8. The molecule has 0 saturated heterocycles. The molecule has 0 radical (unpaired) electrons. The lowest BCUT2D eigenvalue weighted by molar-refractivity contribution is 0.302. The zero-order chi connectivity index (χ0) is 32.1. The van der Waals surface area contributed by atoms with E-state index >= 15 is 0 Å². The fraction of sp³-hybridized carbons (Fsp3) is 0.450. The lowest BCUT2D eigenvalue weighted by Gasteiger charge is -2.18. The van der Waals surface area contributed by atoms with E-state index in [0.717, 1.165) is 54.3 Å². The minimum absolute atomic E-state index is 0.00470. The third-order valence-electron chi connectivity index (χ3n) is 9.09. The van der Waals surface area contributed by atoms with Crippen LogP contribution >= 0.6 is 0 Å². The molecule has 0 atom stereocenters. The molecular weight excluding hydrogens is 552 g/mol. The Labute approximate surface area is 270 Å². The van der Waals surface area contributed by atoms with Crippen LogP contribution in [-0.4, -0.2) is 26.4 Å². The van der Waals surface area contributed by atoms with Crippen molar-refractivity contribution in [2.75, 3.05) is 6.61 Å². The predicted molar refractivity (Wildman–Crippen MR) is 188 cm³/mol. The van der Waals surface area contributed by atoms with Crippen molar-refractivity contribution in [2.45, 2.75) is 112 Å². The van der Waals surface area contributed by atoms with Gasteiger partial charge in [0.05, 0.1) is 6.61 Å². The van der Waals surface area contributed by atoms with Gasteiger partial charge in [-0.05, 0) is 85.5 Å². The molecule has 0 bridgehead atoms. The summed E-state index contributed by atoms with van der Waals surface area (Å²) in [6.45, 7) is 18.5. The maximum absolute atomic E-state index is 6.32. The van der Waals surface area contributed by atoms with Gasteiger partial charge in [-0.2, -0.15) is 0 Å². The van der Waals surface area contributed by atoms with Crippen LogP contribution in [0.25, 0.3) is 17.0 Å². The lowest BCUT2D eigenvalue weighted by Crippen LogP contribution is -2.12. The lowest BCUT2D eigenvalue weighted by atomic mass is 9.89. The Balaban J connectivity index is 1.36. The van der Waals surface area contributed by atoms with E-state index in [1.54, 1.807) is 0 Å². The number of H-pyrrole nitrogens is 1. The summed E-state index contributed by atoms with van der Waals surface area (Å²) in [5, 5.41) is 12.7. The van der Waals surface area contributed by atoms with Crippen molar-refractivity contribution < 1.29 is 4.74 Å². The minimum atomic E-state index is 0.00470. The van der Waals surface area contributed by atoms with Crippen LogP contribution in [0.3, 0.4) is 0 Å². The Hall–Kier alpha value is -3.86. The molecule has 2 heterocycles. The van der Waals surface area contributed by atoms with E-state index in [2.05, 4.69) is 125 Å². The van der Waals surface area contributed by atoms with Crippen LogP contribution in [-0.2, 0) is 18.3 Å². The largest absolute Gasteiger partial charge is 0.493 e. The maximum atomic E-state index is 6.32. The molecule has 0 spiro atoms. The number of aryl methyl sites for hydroxylation is 3. The smallest absolute Gasteiger partial charge is 0.183 e. The quantitative estimate of drug-likeness (QED) is 0.136. The molecule has 0 aliphatic rings. The van der Waals surface area contributed by atoms with Crippen LogP contribution in [0.1, 0.15) is 116 Å². The number of unbranched alkanes of at least 4 members (excludes halogenated alkanes) is 5. The average Bonchev–Trinajstić information content (AvgIpc) is 3.58. The molecular formula is C40H52N4O. The molecule has 1 N–H and O–H groups in total. The summed E-state index contributed by atoms with van der Waals surface area (Å²) < 4.78 is 8.37. The predicted octanol–water partition coefficient (Wildman–Crippen LogP) is 10.2. The number of ether oxygens (including phenoxy) is 1. The highest BCUT2D eigenvalue weighted by molar-refractivity contribution is 5.70. The molecule has 0 aliphatic heterocycles. The third-order valence-corrected chi connectivity index (χ3v) is 9.09. The van der Waals surface area contributed by atoms with Gasteiger partial charge in [0.1, 0.15) is 5.75 Å². The van der Waals surface area contributed by atoms with Crippen molar-refractivity contribution >= 4 is 5.65 Å². The number of hydrogen-bond acceptors (Lipinski definition) is 3. The second-order valence-corrected chi connectivity index (χ2v) is 14.0. The van der Waals surface area contributed by atoms with Crippen molar-refractivity contribution in [1.29, 1.82) is 0 Å². The van der Waals surface area contributed by atoms with Crippen molar-refractivity contribution in [3.63, 3.8) is 0 Å². The van der Waals surface area contributed by atoms with Gasteiger partial charge in [0.15, 0.2) is 11.5 Å². The van der Waals surface area contributed by atoms with Gasteiger partial charge in [-0.1, -0.05) is 108 Å². The summed E-state index contributed by atoms with van der Waals surface area (Å²) in [4.78, 5) is 0. The summed E-state index contributed by atoms with van der Waals surface area (Å²) in [6.07, 6.45) is 9.35. The van der Waals surface area contributed by atoms with Gasteiger partial charge in [0.2, 0.25) is 0 Å². The van der Waals surface area contributed by atoms with Crippen molar-refractivity contribution in [3.8, 4) is 17.1 Å². The molecule has 3 aromatic carbocycles. The molecule has 0 amide bonds. The summed E-state index contributed by atoms with van der Waals surface area (Å²) in [5.41, 5.74) is 13.5. The van der Waals surface area contributed by atoms with Gasteiger partial charge in [-0.3, -0.25) is 5.10 Å². The first-order chi connectivity index (χ1) is 21.5. The Bertz CT molecular complexity index is 1750. The SMILES string of the molecule is CCCCCCCCOc1ccc(C)cc1Cc1cccc(Cc2c(C)cc(C)c(-c3nnc4cc(C(C)(C)C)[nH]n34)c2C)c1. The average molecular weight is 605 g/mol. The van der Waals surface area contributed by atoms with Gasteiger partial charge in [0, 0.05) is 29.2 Å². The molecule has 5 aromatic rings. The Morgan fingerprint density at radius 3 is 2.27 bits per heavy atom. The third kappa shape index (κ3) is 7.69. The van der Waals surface area contributed by atoms with E-state index in [0.29, 0.717) is 0 Å². The first-order valence-corrected chi connectivity index (χ1v) is 16.9. The van der Waals surface area contributed by atoms with Crippen LogP contribution in [0.5, 0.6) is 5.75 Å². The summed E-state index contributed by atoms with van der Waals surface area (Å²) >= 11 is 0. The number of aromatic amines is 1. The molecule has 0 fully saturated rings. The normalized spacial score (nSPS) is 11.9. The zero-order valence-electron chi connectivity index (χ0n) is 28.8. The summed E-state index contributed by atoms with van der Waals surface area (Å²) in [6, 6.07) is 20.1. The van der Waals surface area contributed by atoms with E-state index < -0.39 is 0 Å².